The molecule has 106 valence electrons. The van der Waals surface area contributed by atoms with E-state index in [1.165, 1.54) is 38.5 Å². The molecule has 0 radical (unpaired) electrons. The Morgan fingerprint density at radius 3 is 2.67 bits per heavy atom. The summed E-state index contributed by atoms with van der Waals surface area (Å²) in [4.78, 5) is 13.9. The van der Waals surface area contributed by atoms with E-state index in [9.17, 15) is 4.79 Å². The van der Waals surface area contributed by atoms with Gasteiger partial charge in [0.1, 0.15) is 5.78 Å². The standard InChI is InChI=1S/C15H29NO2/c1-14(18)13-15-9-5-4-7-11-16(15)10-6-2-3-8-12-17/h15,17H,2-13H2,1H3. The summed E-state index contributed by atoms with van der Waals surface area (Å²) in [7, 11) is 0. The van der Waals surface area contributed by atoms with Gasteiger partial charge in [-0.3, -0.25) is 9.69 Å². The highest BCUT2D eigenvalue weighted by atomic mass is 16.2. The highest BCUT2D eigenvalue weighted by molar-refractivity contribution is 5.76. The molecule has 3 nitrogen and oxygen atoms in total. The van der Waals surface area contributed by atoms with Crippen LogP contribution in [0.3, 0.4) is 0 Å². The number of Topliss-reactive ketones (excluding diaryl/α,β-unsaturated/α-hetero) is 1. The predicted molar refractivity (Wildman–Crippen MR) is 74.7 cm³/mol. The number of unbranched alkanes of at least 4 members (excludes halogenated alkanes) is 3. The fraction of sp³-hybridized carbons (Fsp3) is 0.933. The van der Waals surface area contributed by atoms with Gasteiger partial charge in [-0.25, -0.2) is 0 Å². The predicted octanol–water partition coefficient (Wildman–Crippen LogP) is 2.76. The molecule has 1 aliphatic rings. The summed E-state index contributed by atoms with van der Waals surface area (Å²) in [5, 5.41) is 8.74. The molecule has 1 saturated heterocycles. The zero-order valence-electron chi connectivity index (χ0n) is 11.9. The van der Waals surface area contributed by atoms with Crippen molar-refractivity contribution in [2.45, 2.75) is 70.8 Å². The number of carbonyl (C=O) groups is 1. The molecule has 0 aliphatic carbocycles. The minimum atomic E-state index is 0.316. The SMILES string of the molecule is CC(=O)CC1CCCCCN1CCCCCCO. The Labute approximate surface area is 112 Å². The van der Waals surface area contributed by atoms with E-state index >= 15 is 0 Å². The molecule has 1 aliphatic heterocycles. The second kappa shape index (κ2) is 9.51. The van der Waals surface area contributed by atoms with Crippen molar-refractivity contribution in [1.29, 1.82) is 0 Å². The number of carbonyl (C=O) groups excluding carboxylic acids is 1. The first-order valence-electron chi connectivity index (χ1n) is 7.58. The third-order valence-corrected chi connectivity index (χ3v) is 3.88. The van der Waals surface area contributed by atoms with Crippen molar-refractivity contribution in [2.24, 2.45) is 0 Å². The Morgan fingerprint density at radius 1 is 1.17 bits per heavy atom. The van der Waals surface area contributed by atoms with E-state index in [2.05, 4.69) is 4.90 Å². The highest BCUT2D eigenvalue weighted by Crippen LogP contribution is 2.20. The summed E-state index contributed by atoms with van der Waals surface area (Å²) < 4.78 is 0. The van der Waals surface area contributed by atoms with E-state index in [-0.39, 0.29) is 0 Å². The summed E-state index contributed by atoms with van der Waals surface area (Å²) in [5.41, 5.74) is 0. The van der Waals surface area contributed by atoms with Crippen LogP contribution in [0.2, 0.25) is 0 Å². The topological polar surface area (TPSA) is 40.5 Å². The lowest BCUT2D eigenvalue weighted by Gasteiger charge is -2.29. The summed E-state index contributed by atoms with van der Waals surface area (Å²) in [6.45, 7) is 4.32. The van der Waals surface area contributed by atoms with Gasteiger partial charge in [-0.2, -0.15) is 0 Å². The first-order valence-corrected chi connectivity index (χ1v) is 7.58. The lowest BCUT2D eigenvalue weighted by molar-refractivity contribution is -0.118. The van der Waals surface area contributed by atoms with Crippen LogP contribution in [0, 0.1) is 0 Å². The van der Waals surface area contributed by atoms with Crippen LogP contribution < -0.4 is 0 Å². The first kappa shape index (κ1) is 15.6. The van der Waals surface area contributed by atoms with Crippen LogP contribution in [0.4, 0.5) is 0 Å². The van der Waals surface area contributed by atoms with Gasteiger partial charge >= 0.3 is 0 Å². The number of rotatable bonds is 8. The van der Waals surface area contributed by atoms with Crippen LogP contribution in [0.25, 0.3) is 0 Å². The van der Waals surface area contributed by atoms with E-state index in [1.54, 1.807) is 6.92 Å². The fourth-order valence-corrected chi connectivity index (χ4v) is 2.87. The third-order valence-electron chi connectivity index (χ3n) is 3.88. The number of likely N-dealkylation sites (tertiary alicyclic amines) is 1. The van der Waals surface area contributed by atoms with Gasteiger partial charge in [-0.1, -0.05) is 25.7 Å². The number of ketones is 1. The minimum Gasteiger partial charge on any atom is -0.396 e. The minimum absolute atomic E-state index is 0.316. The molecule has 0 amide bonds. The van der Waals surface area contributed by atoms with E-state index < -0.39 is 0 Å². The maximum Gasteiger partial charge on any atom is 0.131 e. The van der Waals surface area contributed by atoms with E-state index in [0.717, 1.165) is 32.4 Å². The van der Waals surface area contributed by atoms with E-state index in [4.69, 9.17) is 5.11 Å². The van der Waals surface area contributed by atoms with Crippen molar-refractivity contribution < 1.29 is 9.90 Å². The molecule has 0 saturated carbocycles. The molecule has 0 aromatic carbocycles. The molecule has 1 unspecified atom stereocenters. The average molecular weight is 255 g/mol. The van der Waals surface area contributed by atoms with Crippen LogP contribution in [0.5, 0.6) is 0 Å². The number of nitrogens with zero attached hydrogens (tertiary/aromatic N) is 1. The lowest BCUT2D eigenvalue weighted by atomic mass is 10.0. The molecular weight excluding hydrogens is 226 g/mol. The van der Waals surface area contributed by atoms with Gasteiger partial charge in [-0.15, -0.1) is 0 Å². The molecule has 18 heavy (non-hydrogen) atoms. The molecule has 3 heteroatoms. The fourth-order valence-electron chi connectivity index (χ4n) is 2.87. The van der Waals surface area contributed by atoms with Crippen LogP contribution >= 0.6 is 0 Å². The van der Waals surface area contributed by atoms with Gasteiger partial charge in [0.2, 0.25) is 0 Å². The molecule has 0 spiro atoms. The quantitative estimate of drug-likeness (QED) is 0.678. The smallest absolute Gasteiger partial charge is 0.131 e. The molecular formula is C15H29NO2. The van der Waals surface area contributed by atoms with E-state index in [0.29, 0.717) is 18.4 Å². The maximum atomic E-state index is 11.3. The van der Waals surface area contributed by atoms with Crippen molar-refractivity contribution in [2.75, 3.05) is 19.7 Å². The molecule has 1 heterocycles. The number of aliphatic hydroxyl groups excluding tert-OH is 1. The average Bonchev–Trinajstić information content (AvgIpc) is 2.54. The second-order valence-corrected chi connectivity index (χ2v) is 5.58. The number of hydrogen-bond donors (Lipinski definition) is 1. The van der Waals surface area contributed by atoms with Gasteiger partial charge in [0.15, 0.2) is 0 Å². The molecule has 0 bridgehead atoms. The van der Waals surface area contributed by atoms with Crippen molar-refractivity contribution in [3.05, 3.63) is 0 Å². The van der Waals surface area contributed by atoms with Crippen molar-refractivity contribution in [3.8, 4) is 0 Å². The Balaban J connectivity index is 2.29. The Bertz CT molecular complexity index is 231. The summed E-state index contributed by atoms with van der Waals surface area (Å²) >= 11 is 0. The van der Waals surface area contributed by atoms with Crippen LogP contribution in [-0.4, -0.2) is 41.5 Å². The Hall–Kier alpha value is -0.410. The molecule has 0 aromatic rings. The zero-order valence-corrected chi connectivity index (χ0v) is 11.9. The zero-order chi connectivity index (χ0) is 13.2. The first-order chi connectivity index (χ1) is 8.74. The summed E-state index contributed by atoms with van der Waals surface area (Å²) in [6, 6.07) is 0.489. The maximum absolute atomic E-state index is 11.3. The normalized spacial score (nSPS) is 21.8. The van der Waals surface area contributed by atoms with Crippen LogP contribution in [0.15, 0.2) is 0 Å². The van der Waals surface area contributed by atoms with Crippen molar-refractivity contribution >= 4 is 5.78 Å². The van der Waals surface area contributed by atoms with Gasteiger partial charge in [-0.05, 0) is 45.7 Å². The van der Waals surface area contributed by atoms with Crippen LogP contribution in [-0.2, 0) is 4.79 Å². The highest BCUT2D eigenvalue weighted by Gasteiger charge is 2.21. The molecule has 0 aromatic heterocycles. The van der Waals surface area contributed by atoms with Gasteiger partial charge < -0.3 is 5.11 Å². The van der Waals surface area contributed by atoms with Gasteiger partial charge in [0.25, 0.3) is 0 Å². The van der Waals surface area contributed by atoms with E-state index in [1.807, 2.05) is 0 Å². The summed E-state index contributed by atoms with van der Waals surface area (Å²) in [6.07, 6.45) is 10.3. The molecule has 1 fully saturated rings. The number of aliphatic hydroxyl groups is 1. The Kier molecular flexibility index (Phi) is 8.27. The van der Waals surface area contributed by atoms with Crippen molar-refractivity contribution in [3.63, 3.8) is 0 Å². The monoisotopic (exact) mass is 255 g/mol. The summed E-state index contributed by atoms with van der Waals surface area (Å²) in [5.74, 6) is 0.326. The Morgan fingerprint density at radius 2 is 1.94 bits per heavy atom. The van der Waals surface area contributed by atoms with Gasteiger partial charge in [0.05, 0.1) is 0 Å². The van der Waals surface area contributed by atoms with Crippen molar-refractivity contribution in [1.82, 2.24) is 4.90 Å². The molecule has 1 rings (SSSR count). The second-order valence-electron chi connectivity index (χ2n) is 5.58. The third kappa shape index (κ3) is 6.50. The number of hydrogen-bond acceptors (Lipinski definition) is 3. The van der Waals surface area contributed by atoms with Crippen LogP contribution in [0.1, 0.15) is 64.7 Å². The molecule has 1 N–H and O–H groups in total. The lowest BCUT2D eigenvalue weighted by Crippen LogP contribution is -2.36. The van der Waals surface area contributed by atoms with Gasteiger partial charge in [0, 0.05) is 19.1 Å². The molecule has 1 atom stereocenters. The largest absolute Gasteiger partial charge is 0.396 e.